The number of nitrogens with two attached hydrogens (primary N) is 1. The van der Waals surface area contributed by atoms with Crippen molar-refractivity contribution in [2.24, 2.45) is 0 Å². The van der Waals surface area contributed by atoms with E-state index in [1.54, 1.807) is 13.0 Å². The molecule has 0 saturated carbocycles. The summed E-state index contributed by atoms with van der Waals surface area (Å²) in [6, 6.07) is 3.19. The average molecular weight is 205 g/mol. The maximum atomic E-state index is 10.5. The van der Waals surface area contributed by atoms with Crippen LogP contribution in [0.2, 0.25) is 0 Å². The van der Waals surface area contributed by atoms with Gasteiger partial charge in [-0.05, 0) is 23.3 Å². The molecule has 0 aliphatic rings. The van der Waals surface area contributed by atoms with Gasteiger partial charge in [0.05, 0.1) is 0 Å². The molecular weight excluding hydrogens is 195 g/mol. The number of aromatic nitrogens is 1. The number of nitrogens with zero attached hydrogens (tertiary/aromatic N) is 1. The van der Waals surface area contributed by atoms with Crippen LogP contribution in [0.3, 0.4) is 0 Å². The monoisotopic (exact) mass is 205 g/mol. The lowest BCUT2D eigenvalue weighted by Crippen LogP contribution is -2.43. The van der Waals surface area contributed by atoms with Gasteiger partial charge in [-0.3, -0.25) is 15.5 Å². The highest BCUT2D eigenvalue weighted by molar-refractivity contribution is 7.46. The van der Waals surface area contributed by atoms with Gasteiger partial charge < -0.3 is 0 Å². The predicted octanol–water partition coefficient (Wildman–Crippen LogP) is -0.614. The van der Waals surface area contributed by atoms with E-state index in [0.717, 1.165) is 10.3 Å². The van der Waals surface area contributed by atoms with Crippen molar-refractivity contribution in [2.45, 2.75) is 6.92 Å². The minimum absolute atomic E-state index is 0.119. The third-order valence-corrected chi connectivity index (χ3v) is 1.68. The molecule has 72 valence electrons. The highest BCUT2D eigenvalue weighted by Crippen LogP contribution is 2.29. The lowest BCUT2D eigenvalue weighted by Gasteiger charge is -2.04. The van der Waals surface area contributed by atoms with E-state index >= 15 is 0 Å². The molecule has 0 aliphatic carbocycles. The first-order chi connectivity index (χ1) is 5.88. The molecule has 0 spiro atoms. The molecule has 1 aromatic rings. The van der Waals surface area contributed by atoms with Gasteiger partial charge in [0, 0.05) is 6.07 Å². The van der Waals surface area contributed by atoms with E-state index in [2.05, 4.69) is 4.62 Å². The average Bonchev–Trinajstić information content (AvgIpc) is 1.94. The first-order valence-corrected chi connectivity index (χ1v) is 4.95. The van der Waals surface area contributed by atoms with E-state index in [1.807, 2.05) is 0 Å². The molecule has 0 fully saturated rings. The first-order valence-electron chi connectivity index (χ1n) is 3.42. The summed E-state index contributed by atoms with van der Waals surface area (Å²) in [5.74, 6) is 0.119. The Hall–Kier alpha value is -1.10. The van der Waals surface area contributed by atoms with Crippen LogP contribution in [-0.2, 0) is 4.57 Å². The van der Waals surface area contributed by atoms with Crippen molar-refractivity contribution in [3.8, 4) is 0 Å². The molecule has 1 aromatic heterocycles. The molecule has 0 radical (unpaired) electrons. The standard InChI is InChI=1S/C6H9N2O4P/c1-5-2-3-6(7)8(4-5)12-13(9,10)11/h2-4,7H,1H3,(H2,9,10,11)/p+1. The largest absolute Gasteiger partial charge is 0.561 e. The van der Waals surface area contributed by atoms with Crippen LogP contribution < -0.4 is 15.1 Å². The molecular formula is C6H10N2O4P+. The number of pyridine rings is 1. The third kappa shape index (κ3) is 3.02. The van der Waals surface area contributed by atoms with Crippen molar-refractivity contribution >= 4 is 13.6 Å². The lowest BCUT2D eigenvalue weighted by atomic mass is 10.3. The SMILES string of the molecule is Cc1ccc(N)[n+](OP(=O)(O)O)c1. The van der Waals surface area contributed by atoms with Gasteiger partial charge >= 0.3 is 13.6 Å². The molecule has 6 nitrogen and oxygen atoms in total. The third-order valence-electron chi connectivity index (χ3n) is 1.29. The van der Waals surface area contributed by atoms with E-state index in [1.165, 1.54) is 12.3 Å². The molecule has 1 rings (SSSR count). The Balaban J connectivity index is 3.01. The molecule has 0 unspecified atom stereocenters. The van der Waals surface area contributed by atoms with Crippen molar-refractivity contribution in [1.82, 2.24) is 0 Å². The molecule has 4 N–H and O–H groups in total. The summed E-state index contributed by atoms with van der Waals surface area (Å²) in [6.07, 6.45) is 1.38. The summed E-state index contributed by atoms with van der Waals surface area (Å²) in [6.45, 7) is 1.75. The van der Waals surface area contributed by atoms with Crippen LogP contribution in [0.25, 0.3) is 0 Å². The van der Waals surface area contributed by atoms with Gasteiger partial charge in [0.1, 0.15) is 6.20 Å². The molecule has 7 heteroatoms. The Morgan fingerprint density at radius 3 is 2.69 bits per heavy atom. The molecule has 0 atom stereocenters. The summed E-state index contributed by atoms with van der Waals surface area (Å²) in [7, 11) is -4.55. The minimum Gasteiger partial charge on any atom is -0.291 e. The summed E-state index contributed by atoms with van der Waals surface area (Å²) < 4.78 is 15.6. The van der Waals surface area contributed by atoms with Crippen LogP contribution >= 0.6 is 7.82 Å². The second-order valence-electron chi connectivity index (χ2n) is 2.53. The normalized spacial score (nSPS) is 11.3. The molecule has 0 saturated heterocycles. The number of hydrogen-bond acceptors (Lipinski definition) is 3. The van der Waals surface area contributed by atoms with Crippen LogP contribution in [0.1, 0.15) is 5.56 Å². The zero-order valence-electron chi connectivity index (χ0n) is 6.91. The molecule has 0 aliphatic heterocycles. The number of phosphoric acid groups is 1. The van der Waals surface area contributed by atoms with Crippen molar-refractivity contribution < 1.29 is 23.7 Å². The zero-order chi connectivity index (χ0) is 10.1. The molecule has 1 heterocycles. The van der Waals surface area contributed by atoms with Crippen molar-refractivity contribution in [1.29, 1.82) is 0 Å². The summed E-state index contributed by atoms with van der Waals surface area (Å²) >= 11 is 0. The zero-order valence-corrected chi connectivity index (χ0v) is 7.81. The molecule has 13 heavy (non-hydrogen) atoms. The number of nitrogen functional groups attached to an aromatic ring is 1. The fraction of sp³-hybridized carbons (Fsp3) is 0.167. The van der Waals surface area contributed by atoms with Gasteiger partial charge in [0.2, 0.25) is 0 Å². The van der Waals surface area contributed by atoms with E-state index in [-0.39, 0.29) is 5.82 Å². The number of aryl methyl sites for hydroxylation is 1. The van der Waals surface area contributed by atoms with Gasteiger partial charge in [-0.1, -0.05) is 0 Å². The van der Waals surface area contributed by atoms with Crippen molar-refractivity contribution in [3.63, 3.8) is 0 Å². The van der Waals surface area contributed by atoms with Crippen LogP contribution in [0.4, 0.5) is 5.82 Å². The van der Waals surface area contributed by atoms with Crippen LogP contribution in [0.15, 0.2) is 18.3 Å². The Morgan fingerprint density at radius 1 is 1.54 bits per heavy atom. The topological polar surface area (TPSA) is 96.7 Å². The first kappa shape index (κ1) is 9.98. The van der Waals surface area contributed by atoms with Crippen LogP contribution in [-0.4, -0.2) is 9.79 Å². The molecule has 0 amide bonds. The number of hydrogen-bond donors (Lipinski definition) is 3. The van der Waals surface area contributed by atoms with Crippen LogP contribution in [0.5, 0.6) is 0 Å². The van der Waals surface area contributed by atoms with Crippen molar-refractivity contribution in [2.75, 3.05) is 5.73 Å². The second kappa shape index (κ2) is 3.33. The van der Waals surface area contributed by atoms with Gasteiger partial charge in [-0.15, -0.1) is 0 Å². The summed E-state index contributed by atoms with van der Waals surface area (Å²) in [5.41, 5.74) is 6.17. The summed E-state index contributed by atoms with van der Waals surface area (Å²) in [5, 5.41) is 0. The van der Waals surface area contributed by atoms with Gasteiger partial charge in [-0.2, -0.15) is 0 Å². The lowest BCUT2D eigenvalue weighted by molar-refractivity contribution is -0.849. The van der Waals surface area contributed by atoms with Gasteiger partial charge in [-0.25, -0.2) is 9.19 Å². The van der Waals surface area contributed by atoms with Crippen LogP contribution in [0, 0.1) is 6.92 Å². The maximum absolute atomic E-state index is 10.5. The minimum atomic E-state index is -4.55. The number of anilines is 1. The maximum Gasteiger partial charge on any atom is 0.561 e. The quantitative estimate of drug-likeness (QED) is 0.442. The molecule has 0 aromatic carbocycles. The fourth-order valence-corrected chi connectivity index (χ4v) is 1.15. The second-order valence-corrected chi connectivity index (χ2v) is 3.67. The van der Waals surface area contributed by atoms with E-state index in [0.29, 0.717) is 0 Å². The van der Waals surface area contributed by atoms with E-state index in [9.17, 15) is 4.57 Å². The highest BCUT2D eigenvalue weighted by Gasteiger charge is 2.21. The Kier molecular flexibility index (Phi) is 2.56. The van der Waals surface area contributed by atoms with Crippen molar-refractivity contribution in [3.05, 3.63) is 23.9 Å². The molecule has 0 bridgehead atoms. The van der Waals surface area contributed by atoms with Gasteiger partial charge in [0.25, 0.3) is 0 Å². The summed E-state index contributed by atoms with van der Waals surface area (Å²) in [4.78, 5) is 17.0. The highest BCUT2D eigenvalue weighted by atomic mass is 31.2. The van der Waals surface area contributed by atoms with Gasteiger partial charge in [0.15, 0.2) is 0 Å². The number of rotatable bonds is 2. The predicted molar refractivity (Wildman–Crippen MR) is 44.4 cm³/mol. The Bertz CT molecular complexity index is 362. The Morgan fingerprint density at radius 2 is 2.15 bits per heavy atom. The smallest absolute Gasteiger partial charge is 0.291 e. The van der Waals surface area contributed by atoms with E-state index < -0.39 is 7.82 Å². The Labute approximate surface area is 74.8 Å². The fourth-order valence-electron chi connectivity index (χ4n) is 0.778. The van der Waals surface area contributed by atoms with E-state index in [4.69, 9.17) is 15.5 Å².